The summed E-state index contributed by atoms with van der Waals surface area (Å²) in [6.07, 6.45) is 2.58. The Labute approximate surface area is 154 Å². The Kier molecular flexibility index (Phi) is 6.17. The molecule has 3 rings (SSSR count). The summed E-state index contributed by atoms with van der Waals surface area (Å²) in [7, 11) is 0. The highest BCUT2D eigenvalue weighted by Crippen LogP contribution is 2.20. The van der Waals surface area contributed by atoms with E-state index in [4.69, 9.17) is 4.74 Å². The second-order valence-corrected chi connectivity index (χ2v) is 6.80. The van der Waals surface area contributed by atoms with E-state index in [0.717, 1.165) is 18.2 Å². The van der Waals surface area contributed by atoms with Crippen LogP contribution in [-0.4, -0.2) is 40.8 Å². The van der Waals surface area contributed by atoms with E-state index < -0.39 is 5.97 Å². The largest absolute Gasteiger partial charge is 0.461 e. The Hall–Kier alpha value is -2.47. The van der Waals surface area contributed by atoms with Crippen molar-refractivity contribution in [1.29, 1.82) is 0 Å². The van der Waals surface area contributed by atoms with Gasteiger partial charge in [-0.2, -0.15) is 0 Å². The number of rotatable bonds is 6. The smallest absolute Gasteiger partial charge is 0.358 e. The van der Waals surface area contributed by atoms with Crippen LogP contribution in [0.4, 0.5) is 11.5 Å². The van der Waals surface area contributed by atoms with E-state index >= 15 is 0 Å². The fourth-order valence-corrected chi connectivity index (χ4v) is 3.03. The van der Waals surface area contributed by atoms with E-state index in [1.54, 1.807) is 19.1 Å². The van der Waals surface area contributed by atoms with Crippen LogP contribution in [0.15, 0.2) is 36.4 Å². The first-order chi connectivity index (χ1) is 12.6. The Bertz CT molecular complexity index is 708. The van der Waals surface area contributed by atoms with Gasteiger partial charge in [-0.1, -0.05) is 19.1 Å². The van der Waals surface area contributed by atoms with Gasteiger partial charge in [-0.3, -0.25) is 4.90 Å². The normalized spacial score (nSPS) is 15.6. The summed E-state index contributed by atoms with van der Waals surface area (Å²) in [5.74, 6) is 0.993. The summed E-state index contributed by atoms with van der Waals surface area (Å²) in [6, 6.07) is 11.7. The number of anilines is 2. The maximum atomic E-state index is 11.6. The van der Waals surface area contributed by atoms with Gasteiger partial charge in [-0.25, -0.2) is 4.79 Å². The van der Waals surface area contributed by atoms with Crippen molar-refractivity contribution in [3.63, 3.8) is 0 Å². The van der Waals surface area contributed by atoms with Crippen LogP contribution in [0.5, 0.6) is 0 Å². The zero-order valence-electron chi connectivity index (χ0n) is 15.4. The molecule has 1 aromatic carbocycles. The standard InChI is InChI=1S/C20H26N4O2/c1-3-26-20(25)18-8-9-19(23-22-18)21-17-6-4-16(5-7-17)14-24-12-10-15(2)11-13-24/h4-9,15H,3,10-14H2,1-2H3,(H,21,23). The molecule has 1 N–H and O–H groups in total. The molecule has 1 fully saturated rings. The molecule has 0 radical (unpaired) electrons. The molecule has 0 bridgehead atoms. The second kappa shape index (κ2) is 8.76. The third-order valence-electron chi connectivity index (χ3n) is 4.66. The number of nitrogens with zero attached hydrogens (tertiary/aromatic N) is 3. The van der Waals surface area contributed by atoms with Crippen molar-refractivity contribution < 1.29 is 9.53 Å². The highest BCUT2D eigenvalue weighted by molar-refractivity contribution is 5.87. The second-order valence-electron chi connectivity index (χ2n) is 6.80. The number of ether oxygens (including phenoxy) is 1. The summed E-state index contributed by atoms with van der Waals surface area (Å²) < 4.78 is 4.90. The van der Waals surface area contributed by atoms with E-state index in [2.05, 4.69) is 39.5 Å². The maximum Gasteiger partial charge on any atom is 0.358 e. The molecule has 2 aromatic rings. The zero-order chi connectivity index (χ0) is 18.4. The molecule has 0 saturated carbocycles. The monoisotopic (exact) mass is 354 g/mol. The number of carbonyl (C=O) groups excluding carboxylic acids is 1. The van der Waals surface area contributed by atoms with E-state index in [9.17, 15) is 4.79 Å². The lowest BCUT2D eigenvalue weighted by Gasteiger charge is -2.30. The van der Waals surface area contributed by atoms with Crippen molar-refractivity contribution in [3.05, 3.63) is 47.7 Å². The molecule has 1 saturated heterocycles. The minimum atomic E-state index is -0.456. The first kappa shape index (κ1) is 18.3. The molecule has 0 amide bonds. The Balaban J connectivity index is 1.54. The lowest BCUT2D eigenvalue weighted by atomic mass is 9.99. The van der Waals surface area contributed by atoms with Crippen molar-refractivity contribution >= 4 is 17.5 Å². The van der Waals surface area contributed by atoms with Crippen molar-refractivity contribution in [2.24, 2.45) is 5.92 Å². The predicted octanol–water partition coefficient (Wildman–Crippen LogP) is 3.63. The van der Waals surface area contributed by atoms with E-state index in [1.807, 2.05) is 12.1 Å². The molecule has 138 valence electrons. The molecule has 1 aliphatic rings. The topological polar surface area (TPSA) is 67.3 Å². The van der Waals surface area contributed by atoms with Gasteiger partial charge in [0.05, 0.1) is 6.61 Å². The van der Waals surface area contributed by atoms with Crippen LogP contribution in [0, 0.1) is 5.92 Å². The van der Waals surface area contributed by atoms with Crippen LogP contribution in [-0.2, 0) is 11.3 Å². The minimum absolute atomic E-state index is 0.212. The lowest BCUT2D eigenvalue weighted by Crippen LogP contribution is -2.32. The van der Waals surface area contributed by atoms with Gasteiger partial charge in [0, 0.05) is 12.2 Å². The number of piperidine rings is 1. The highest BCUT2D eigenvalue weighted by Gasteiger charge is 2.15. The van der Waals surface area contributed by atoms with Crippen LogP contribution in [0.1, 0.15) is 42.7 Å². The molecular formula is C20H26N4O2. The first-order valence-corrected chi connectivity index (χ1v) is 9.23. The average Bonchev–Trinajstić information content (AvgIpc) is 2.66. The molecule has 0 atom stereocenters. The summed E-state index contributed by atoms with van der Waals surface area (Å²) >= 11 is 0. The van der Waals surface area contributed by atoms with Crippen LogP contribution in [0.3, 0.4) is 0 Å². The number of carbonyl (C=O) groups is 1. The molecule has 6 nitrogen and oxygen atoms in total. The number of benzene rings is 1. The number of aromatic nitrogens is 2. The van der Waals surface area contributed by atoms with Gasteiger partial charge in [-0.05, 0) is 68.6 Å². The van der Waals surface area contributed by atoms with Crippen LogP contribution >= 0.6 is 0 Å². The molecule has 0 aliphatic carbocycles. The summed E-state index contributed by atoms with van der Waals surface area (Å²) in [5.41, 5.74) is 2.47. The van der Waals surface area contributed by atoms with Crippen LogP contribution in [0.25, 0.3) is 0 Å². The van der Waals surface area contributed by atoms with Gasteiger partial charge in [0.25, 0.3) is 0 Å². The van der Waals surface area contributed by atoms with Crippen molar-refractivity contribution in [2.75, 3.05) is 25.0 Å². The van der Waals surface area contributed by atoms with Gasteiger partial charge in [-0.15, -0.1) is 10.2 Å². The lowest BCUT2D eigenvalue weighted by molar-refractivity contribution is 0.0518. The molecule has 26 heavy (non-hydrogen) atoms. The van der Waals surface area contributed by atoms with E-state index in [-0.39, 0.29) is 5.69 Å². The van der Waals surface area contributed by atoms with Gasteiger partial charge in [0.1, 0.15) is 0 Å². The number of esters is 1. The number of likely N-dealkylation sites (tertiary alicyclic amines) is 1. The zero-order valence-corrected chi connectivity index (χ0v) is 15.4. The van der Waals surface area contributed by atoms with Gasteiger partial charge in [0.15, 0.2) is 11.5 Å². The molecule has 1 aromatic heterocycles. The van der Waals surface area contributed by atoms with Crippen molar-refractivity contribution in [1.82, 2.24) is 15.1 Å². The SMILES string of the molecule is CCOC(=O)c1ccc(Nc2ccc(CN3CCC(C)CC3)cc2)nn1. The molecule has 0 unspecified atom stereocenters. The highest BCUT2D eigenvalue weighted by atomic mass is 16.5. The Morgan fingerprint density at radius 2 is 1.88 bits per heavy atom. The maximum absolute atomic E-state index is 11.6. The molecule has 6 heteroatoms. The third kappa shape index (κ3) is 5.02. The fraction of sp³-hybridized carbons (Fsp3) is 0.450. The molecule has 0 spiro atoms. The number of hydrogen-bond donors (Lipinski definition) is 1. The van der Waals surface area contributed by atoms with Crippen molar-refractivity contribution in [3.8, 4) is 0 Å². The van der Waals surface area contributed by atoms with Crippen LogP contribution < -0.4 is 5.32 Å². The van der Waals surface area contributed by atoms with Gasteiger partial charge >= 0.3 is 5.97 Å². The predicted molar refractivity (Wildman–Crippen MR) is 101 cm³/mol. The quantitative estimate of drug-likeness (QED) is 0.799. The average molecular weight is 354 g/mol. The fourth-order valence-electron chi connectivity index (χ4n) is 3.03. The van der Waals surface area contributed by atoms with Gasteiger partial charge < -0.3 is 10.1 Å². The van der Waals surface area contributed by atoms with E-state index in [1.165, 1.54) is 31.5 Å². The van der Waals surface area contributed by atoms with Crippen LogP contribution in [0.2, 0.25) is 0 Å². The Morgan fingerprint density at radius 3 is 2.50 bits per heavy atom. The summed E-state index contributed by atoms with van der Waals surface area (Å²) in [6.45, 7) is 7.79. The van der Waals surface area contributed by atoms with E-state index in [0.29, 0.717) is 12.4 Å². The summed E-state index contributed by atoms with van der Waals surface area (Å²) in [4.78, 5) is 14.1. The third-order valence-corrected chi connectivity index (χ3v) is 4.66. The summed E-state index contributed by atoms with van der Waals surface area (Å²) in [5, 5.41) is 11.1. The Morgan fingerprint density at radius 1 is 1.15 bits per heavy atom. The molecular weight excluding hydrogens is 328 g/mol. The minimum Gasteiger partial charge on any atom is -0.461 e. The van der Waals surface area contributed by atoms with Crippen molar-refractivity contribution in [2.45, 2.75) is 33.2 Å². The first-order valence-electron chi connectivity index (χ1n) is 9.23. The molecule has 2 heterocycles. The molecule has 1 aliphatic heterocycles. The number of hydrogen-bond acceptors (Lipinski definition) is 6. The van der Waals surface area contributed by atoms with Gasteiger partial charge in [0.2, 0.25) is 0 Å². The number of nitrogens with one attached hydrogen (secondary N) is 1.